The van der Waals surface area contributed by atoms with Crippen LogP contribution in [-0.2, 0) is 0 Å². The Labute approximate surface area is 102 Å². The predicted octanol–water partition coefficient (Wildman–Crippen LogP) is 4.11. The van der Waals surface area contributed by atoms with Crippen LogP contribution in [0.25, 0.3) is 11.3 Å². The van der Waals surface area contributed by atoms with Crippen LogP contribution < -0.4 is 0 Å². The summed E-state index contributed by atoms with van der Waals surface area (Å²) in [7, 11) is 0. The maximum atomic E-state index is 5.90. The Morgan fingerprint density at radius 2 is 1.73 bits per heavy atom. The molecule has 1 aromatic heterocycles. The van der Waals surface area contributed by atoms with E-state index in [1.807, 2.05) is 12.1 Å². The van der Waals surface area contributed by atoms with Crippen LogP contribution in [0.3, 0.4) is 0 Å². The highest BCUT2D eigenvalue weighted by Crippen LogP contribution is 2.25. The number of halogens is 2. The van der Waals surface area contributed by atoms with Gasteiger partial charge in [-0.3, -0.25) is 0 Å². The average molecular weight is 257 g/mol. The van der Waals surface area contributed by atoms with Crippen LogP contribution in [0.1, 0.15) is 0 Å². The number of rotatable bonds is 1. The van der Waals surface area contributed by atoms with E-state index in [-0.39, 0.29) is 0 Å². The quantitative estimate of drug-likeness (QED) is 0.778. The number of H-pyrrole nitrogens is 1. The van der Waals surface area contributed by atoms with Crippen LogP contribution >= 0.6 is 35.4 Å². The van der Waals surface area contributed by atoms with Gasteiger partial charge in [0.2, 0.25) is 0 Å². The molecule has 0 fully saturated rings. The molecule has 1 aromatic carbocycles. The number of nitrogens with zero attached hydrogens (tertiary/aromatic N) is 1. The number of hydrogen-bond acceptors (Lipinski definition) is 2. The summed E-state index contributed by atoms with van der Waals surface area (Å²) in [6.45, 7) is 0. The smallest absolute Gasteiger partial charge is 0.130 e. The topological polar surface area (TPSA) is 28.7 Å². The molecule has 0 bridgehead atoms. The average Bonchev–Trinajstić information content (AvgIpc) is 2.16. The predicted molar refractivity (Wildman–Crippen MR) is 64.9 cm³/mol. The minimum Gasteiger partial charge on any atom is -0.346 e. The number of aromatic nitrogens is 2. The second kappa shape index (κ2) is 4.31. The van der Waals surface area contributed by atoms with Gasteiger partial charge in [0.15, 0.2) is 0 Å². The molecule has 76 valence electrons. The van der Waals surface area contributed by atoms with Gasteiger partial charge in [0.05, 0.1) is 6.33 Å². The third kappa shape index (κ3) is 2.56. The van der Waals surface area contributed by atoms with Gasteiger partial charge >= 0.3 is 0 Å². The number of nitrogens with one attached hydrogen (secondary N) is 1. The van der Waals surface area contributed by atoms with E-state index >= 15 is 0 Å². The van der Waals surface area contributed by atoms with Crippen molar-refractivity contribution in [3.8, 4) is 11.3 Å². The molecule has 15 heavy (non-hydrogen) atoms. The van der Waals surface area contributed by atoms with E-state index in [1.54, 1.807) is 18.5 Å². The summed E-state index contributed by atoms with van der Waals surface area (Å²) in [6, 6.07) is 7.07. The second-order valence-corrected chi connectivity index (χ2v) is 4.25. The van der Waals surface area contributed by atoms with Gasteiger partial charge in [0, 0.05) is 21.3 Å². The highest BCUT2D eigenvalue weighted by Gasteiger charge is 2.01. The van der Waals surface area contributed by atoms with Crippen molar-refractivity contribution in [3.63, 3.8) is 0 Å². The summed E-state index contributed by atoms with van der Waals surface area (Å²) in [4.78, 5) is 6.89. The van der Waals surface area contributed by atoms with Crippen LogP contribution in [0, 0.1) is 4.64 Å². The Kier molecular flexibility index (Phi) is 3.05. The van der Waals surface area contributed by atoms with Crippen LogP contribution in [0.15, 0.2) is 30.6 Å². The lowest BCUT2D eigenvalue weighted by atomic mass is 10.1. The van der Waals surface area contributed by atoms with Crippen molar-refractivity contribution in [2.24, 2.45) is 0 Å². The Morgan fingerprint density at radius 1 is 1.07 bits per heavy atom. The van der Waals surface area contributed by atoms with Gasteiger partial charge in [0.1, 0.15) is 4.64 Å². The van der Waals surface area contributed by atoms with Crippen molar-refractivity contribution in [2.75, 3.05) is 0 Å². The summed E-state index contributed by atoms with van der Waals surface area (Å²) in [5, 5.41) is 1.18. The molecule has 0 radical (unpaired) electrons. The van der Waals surface area contributed by atoms with Crippen LogP contribution in [-0.4, -0.2) is 9.97 Å². The van der Waals surface area contributed by atoms with Crippen LogP contribution in [0.5, 0.6) is 0 Å². The fraction of sp³-hybridized carbons (Fsp3) is 0. The van der Waals surface area contributed by atoms with Crippen molar-refractivity contribution in [3.05, 3.63) is 45.3 Å². The molecule has 0 aliphatic carbocycles. The van der Waals surface area contributed by atoms with E-state index in [1.165, 1.54) is 0 Å². The molecule has 0 atom stereocenters. The van der Waals surface area contributed by atoms with Crippen molar-refractivity contribution in [2.45, 2.75) is 0 Å². The zero-order chi connectivity index (χ0) is 10.8. The van der Waals surface area contributed by atoms with Gasteiger partial charge in [-0.1, -0.05) is 35.4 Å². The number of benzene rings is 1. The van der Waals surface area contributed by atoms with Gasteiger partial charge in [-0.05, 0) is 24.3 Å². The van der Waals surface area contributed by atoms with E-state index in [2.05, 4.69) is 9.97 Å². The lowest BCUT2D eigenvalue weighted by Crippen LogP contribution is -1.85. The molecular formula is C10H6Cl2N2S. The normalized spacial score (nSPS) is 10.3. The van der Waals surface area contributed by atoms with Gasteiger partial charge in [-0.25, -0.2) is 4.98 Å². The third-order valence-electron chi connectivity index (χ3n) is 1.85. The number of hydrogen-bond donors (Lipinski definition) is 1. The largest absolute Gasteiger partial charge is 0.346 e. The molecule has 1 N–H and O–H groups in total. The first-order valence-corrected chi connectivity index (χ1v) is 5.33. The highest BCUT2D eigenvalue weighted by molar-refractivity contribution is 7.71. The molecular weight excluding hydrogens is 251 g/mol. The zero-order valence-corrected chi connectivity index (χ0v) is 9.83. The van der Waals surface area contributed by atoms with Crippen molar-refractivity contribution >= 4 is 35.4 Å². The van der Waals surface area contributed by atoms with Crippen molar-refractivity contribution in [1.82, 2.24) is 9.97 Å². The minimum absolute atomic E-state index is 0.528. The van der Waals surface area contributed by atoms with Crippen molar-refractivity contribution in [1.29, 1.82) is 0 Å². The zero-order valence-electron chi connectivity index (χ0n) is 7.50. The molecule has 0 aliphatic rings. The Morgan fingerprint density at radius 3 is 2.33 bits per heavy atom. The second-order valence-electron chi connectivity index (χ2n) is 2.96. The molecule has 0 saturated heterocycles. The molecule has 1 heterocycles. The standard InChI is InChI=1S/C10H6Cl2N2S/c11-7-1-6(2-8(12)3-7)9-4-10(15)14-5-13-9/h1-5H,(H,13,14,15). The third-order valence-corrected chi connectivity index (χ3v) is 2.51. The van der Waals surface area contributed by atoms with E-state index < -0.39 is 0 Å². The Balaban J connectivity index is 2.58. The lowest BCUT2D eigenvalue weighted by molar-refractivity contribution is 1.16. The highest BCUT2D eigenvalue weighted by atomic mass is 35.5. The minimum atomic E-state index is 0.528. The molecule has 0 spiro atoms. The van der Waals surface area contributed by atoms with Gasteiger partial charge < -0.3 is 4.98 Å². The molecule has 0 saturated carbocycles. The van der Waals surface area contributed by atoms with E-state index in [9.17, 15) is 0 Å². The molecule has 5 heteroatoms. The monoisotopic (exact) mass is 256 g/mol. The summed E-state index contributed by atoms with van der Waals surface area (Å²) in [5.74, 6) is 0. The summed E-state index contributed by atoms with van der Waals surface area (Å²) < 4.78 is 0.528. The molecule has 2 rings (SSSR count). The van der Waals surface area contributed by atoms with Crippen LogP contribution in [0.4, 0.5) is 0 Å². The first kappa shape index (κ1) is 10.6. The first-order valence-electron chi connectivity index (χ1n) is 4.16. The summed E-state index contributed by atoms with van der Waals surface area (Å²) in [6.07, 6.45) is 1.55. The lowest BCUT2D eigenvalue weighted by Gasteiger charge is -2.02. The Hall–Kier alpha value is -0.900. The maximum absolute atomic E-state index is 5.90. The van der Waals surface area contributed by atoms with E-state index in [0.717, 1.165) is 11.3 Å². The van der Waals surface area contributed by atoms with Gasteiger partial charge in [-0.2, -0.15) is 0 Å². The van der Waals surface area contributed by atoms with E-state index in [4.69, 9.17) is 35.4 Å². The molecule has 2 aromatic rings. The fourth-order valence-corrected chi connectivity index (χ4v) is 1.94. The molecule has 2 nitrogen and oxygen atoms in total. The van der Waals surface area contributed by atoms with Gasteiger partial charge in [0.25, 0.3) is 0 Å². The van der Waals surface area contributed by atoms with Gasteiger partial charge in [-0.15, -0.1) is 0 Å². The Bertz CT molecular complexity index is 531. The first-order chi connectivity index (χ1) is 7.15. The number of aromatic amines is 1. The van der Waals surface area contributed by atoms with Crippen molar-refractivity contribution < 1.29 is 0 Å². The summed E-state index contributed by atoms with van der Waals surface area (Å²) in [5.41, 5.74) is 1.74. The summed E-state index contributed by atoms with van der Waals surface area (Å²) >= 11 is 16.8. The fourth-order valence-electron chi connectivity index (χ4n) is 1.24. The molecule has 0 amide bonds. The van der Waals surface area contributed by atoms with E-state index in [0.29, 0.717) is 14.7 Å². The molecule has 0 unspecified atom stereocenters. The van der Waals surface area contributed by atoms with Crippen LogP contribution in [0.2, 0.25) is 10.0 Å². The maximum Gasteiger partial charge on any atom is 0.130 e. The molecule has 0 aliphatic heterocycles. The SMILES string of the molecule is S=c1cc(-c2cc(Cl)cc(Cl)c2)[nH]cn1.